The Morgan fingerprint density at radius 3 is 2.74 bits per heavy atom. The highest BCUT2D eigenvalue weighted by Crippen LogP contribution is 2.17. The van der Waals surface area contributed by atoms with E-state index in [0.717, 1.165) is 30.7 Å². The van der Waals surface area contributed by atoms with Crippen LogP contribution in [0.25, 0.3) is 0 Å². The molecule has 0 radical (unpaired) electrons. The van der Waals surface area contributed by atoms with Gasteiger partial charge in [-0.25, -0.2) is 0 Å². The lowest BCUT2D eigenvalue weighted by Crippen LogP contribution is -2.46. The number of aliphatic hydroxyl groups is 1. The number of likely N-dealkylation sites (tertiary alicyclic amines) is 1. The van der Waals surface area contributed by atoms with Gasteiger partial charge < -0.3 is 24.8 Å². The number of hydrogen-bond donors (Lipinski definition) is 2. The van der Waals surface area contributed by atoms with Crippen LogP contribution >= 0.6 is 0 Å². The van der Waals surface area contributed by atoms with Gasteiger partial charge in [-0.15, -0.1) is 0 Å². The van der Waals surface area contributed by atoms with Gasteiger partial charge in [0, 0.05) is 26.1 Å². The van der Waals surface area contributed by atoms with Crippen LogP contribution < -0.4 is 10.1 Å². The molecule has 1 aliphatic heterocycles. The molecule has 0 spiro atoms. The van der Waals surface area contributed by atoms with Crippen molar-refractivity contribution in [2.24, 2.45) is 5.92 Å². The number of aliphatic hydroxyl groups excluding tert-OH is 1. The van der Waals surface area contributed by atoms with E-state index in [1.54, 1.807) is 12.0 Å². The lowest BCUT2D eigenvalue weighted by atomic mass is 9.97. The number of carbonyl (C=O) groups is 2. The molecule has 1 fully saturated rings. The van der Waals surface area contributed by atoms with Crippen molar-refractivity contribution in [3.8, 4) is 5.75 Å². The van der Waals surface area contributed by atoms with E-state index < -0.39 is 6.10 Å². The zero-order chi connectivity index (χ0) is 19.6. The molecule has 2 unspecified atom stereocenters. The van der Waals surface area contributed by atoms with E-state index in [9.17, 15) is 14.7 Å². The molecule has 2 amide bonds. The summed E-state index contributed by atoms with van der Waals surface area (Å²) >= 11 is 0. The number of nitrogens with zero attached hydrogens (tertiary/aromatic N) is 1. The second-order valence-corrected chi connectivity index (χ2v) is 6.79. The molecule has 2 rings (SSSR count). The molecule has 1 aromatic rings. The fraction of sp³-hybridized carbons (Fsp3) is 0.600. The summed E-state index contributed by atoms with van der Waals surface area (Å²) in [5, 5.41) is 12.8. The SMILES string of the molecule is CCC(=O)N1CCCC(C(=O)NCC(O)COCc2ccc(OC)cc2)C1. The van der Waals surface area contributed by atoms with Gasteiger partial charge in [-0.1, -0.05) is 19.1 Å². The van der Waals surface area contributed by atoms with Crippen LogP contribution in [0.2, 0.25) is 0 Å². The zero-order valence-corrected chi connectivity index (χ0v) is 16.1. The molecular weight excluding hydrogens is 348 g/mol. The van der Waals surface area contributed by atoms with Crippen LogP contribution in [0.4, 0.5) is 0 Å². The quantitative estimate of drug-likeness (QED) is 0.677. The normalized spacial score (nSPS) is 18.0. The van der Waals surface area contributed by atoms with Crippen molar-refractivity contribution in [1.29, 1.82) is 0 Å². The fourth-order valence-corrected chi connectivity index (χ4v) is 3.10. The van der Waals surface area contributed by atoms with E-state index in [0.29, 0.717) is 19.6 Å². The Morgan fingerprint density at radius 1 is 1.33 bits per heavy atom. The van der Waals surface area contributed by atoms with Crippen LogP contribution in [0.3, 0.4) is 0 Å². The Hall–Kier alpha value is -2.12. The van der Waals surface area contributed by atoms with Crippen LogP contribution in [0, 0.1) is 5.92 Å². The Morgan fingerprint density at radius 2 is 2.07 bits per heavy atom. The Balaban J connectivity index is 1.66. The molecule has 2 atom stereocenters. The van der Waals surface area contributed by atoms with Crippen molar-refractivity contribution in [2.75, 3.05) is 33.4 Å². The van der Waals surface area contributed by atoms with Gasteiger partial charge in [0.05, 0.1) is 32.3 Å². The molecule has 1 saturated heterocycles. The Kier molecular flexibility index (Phi) is 8.54. The maximum Gasteiger partial charge on any atom is 0.224 e. The van der Waals surface area contributed by atoms with Gasteiger partial charge in [-0.05, 0) is 30.5 Å². The molecule has 7 heteroatoms. The van der Waals surface area contributed by atoms with Crippen molar-refractivity contribution in [3.05, 3.63) is 29.8 Å². The minimum Gasteiger partial charge on any atom is -0.497 e. The molecule has 0 bridgehead atoms. The van der Waals surface area contributed by atoms with Gasteiger partial charge >= 0.3 is 0 Å². The van der Waals surface area contributed by atoms with Crippen molar-refractivity contribution >= 4 is 11.8 Å². The third-order valence-corrected chi connectivity index (χ3v) is 4.70. The number of methoxy groups -OCH3 is 1. The summed E-state index contributed by atoms with van der Waals surface area (Å²) in [6.45, 7) is 3.66. The molecule has 1 aromatic carbocycles. The number of ether oxygens (including phenoxy) is 2. The molecule has 1 aliphatic rings. The first-order chi connectivity index (χ1) is 13.0. The second kappa shape index (κ2) is 10.9. The van der Waals surface area contributed by atoms with E-state index in [-0.39, 0.29) is 30.9 Å². The van der Waals surface area contributed by atoms with Crippen molar-refractivity contribution in [1.82, 2.24) is 10.2 Å². The monoisotopic (exact) mass is 378 g/mol. The van der Waals surface area contributed by atoms with Crippen LogP contribution in [0.1, 0.15) is 31.7 Å². The lowest BCUT2D eigenvalue weighted by Gasteiger charge is -2.32. The van der Waals surface area contributed by atoms with Gasteiger partial charge in [0.25, 0.3) is 0 Å². The Labute approximate surface area is 160 Å². The summed E-state index contributed by atoms with van der Waals surface area (Å²) in [4.78, 5) is 25.9. The number of piperidine rings is 1. The third-order valence-electron chi connectivity index (χ3n) is 4.70. The van der Waals surface area contributed by atoms with E-state index in [1.165, 1.54) is 0 Å². The highest BCUT2D eigenvalue weighted by Gasteiger charge is 2.27. The second-order valence-electron chi connectivity index (χ2n) is 6.79. The molecule has 150 valence electrons. The average molecular weight is 378 g/mol. The van der Waals surface area contributed by atoms with Crippen molar-refractivity contribution in [3.63, 3.8) is 0 Å². The van der Waals surface area contributed by atoms with Crippen molar-refractivity contribution < 1.29 is 24.2 Å². The number of nitrogens with one attached hydrogen (secondary N) is 1. The smallest absolute Gasteiger partial charge is 0.224 e. The molecule has 0 aromatic heterocycles. The van der Waals surface area contributed by atoms with Crippen LogP contribution in [-0.2, 0) is 20.9 Å². The first-order valence-electron chi connectivity index (χ1n) is 9.47. The van der Waals surface area contributed by atoms with E-state index in [1.807, 2.05) is 31.2 Å². The third kappa shape index (κ3) is 6.84. The van der Waals surface area contributed by atoms with Crippen LogP contribution in [-0.4, -0.2) is 61.3 Å². The average Bonchev–Trinajstić information content (AvgIpc) is 2.72. The van der Waals surface area contributed by atoms with Gasteiger partial charge in [-0.3, -0.25) is 9.59 Å². The maximum absolute atomic E-state index is 12.3. The minimum absolute atomic E-state index is 0.0828. The van der Waals surface area contributed by atoms with Gasteiger partial charge in [0.15, 0.2) is 0 Å². The summed E-state index contributed by atoms with van der Waals surface area (Å²) in [5.74, 6) is 0.544. The first-order valence-corrected chi connectivity index (χ1v) is 9.47. The zero-order valence-electron chi connectivity index (χ0n) is 16.1. The molecule has 2 N–H and O–H groups in total. The number of amides is 2. The molecule has 0 saturated carbocycles. The van der Waals surface area contributed by atoms with Gasteiger partial charge in [0.2, 0.25) is 11.8 Å². The van der Waals surface area contributed by atoms with Crippen molar-refractivity contribution in [2.45, 2.75) is 38.9 Å². The summed E-state index contributed by atoms with van der Waals surface area (Å²) < 4.78 is 10.6. The fourth-order valence-electron chi connectivity index (χ4n) is 3.10. The van der Waals surface area contributed by atoms with Crippen LogP contribution in [0.15, 0.2) is 24.3 Å². The largest absolute Gasteiger partial charge is 0.497 e. The van der Waals surface area contributed by atoms with Gasteiger partial charge in [-0.2, -0.15) is 0 Å². The van der Waals surface area contributed by atoms with E-state index in [2.05, 4.69) is 5.32 Å². The van der Waals surface area contributed by atoms with E-state index in [4.69, 9.17) is 9.47 Å². The number of rotatable bonds is 9. The first kappa shape index (κ1) is 21.2. The number of benzene rings is 1. The minimum atomic E-state index is -0.774. The highest BCUT2D eigenvalue weighted by molar-refractivity contribution is 5.81. The highest BCUT2D eigenvalue weighted by atomic mass is 16.5. The topological polar surface area (TPSA) is 88.1 Å². The molecular formula is C20H30N2O5. The molecule has 0 aliphatic carbocycles. The standard InChI is InChI=1S/C20H30N2O5/c1-3-19(24)22-10-4-5-16(12-22)20(25)21-11-17(23)14-27-13-15-6-8-18(26-2)9-7-15/h6-9,16-17,23H,3-5,10-14H2,1-2H3,(H,21,25). The predicted molar refractivity (Wildman–Crippen MR) is 101 cm³/mol. The summed E-state index contributed by atoms with van der Waals surface area (Å²) in [6.07, 6.45) is 1.28. The maximum atomic E-state index is 12.3. The van der Waals surface area contributed by atoms with E-state index >= 15 is 0 Å². The van der Waals surface area contributed by atoms with Crippen LogP contribution in [0.5, 0.6) is 5.75 Å². The number of hydrogen-bond acceptors (Lipinski definition) is 5. The number of carbonyl (C=O) groups excluding carboxylic acids is 2. The molecule has 1 heterocycles. The summed E-state index contributed by atoms with van der Waals surface area (Å²) in [7, 11) is 1.61. The lowest BCUT2D eigenvalue weighted by molar-refractivity contribution is -0.135. The summed E-state index contributed by atoms with van der Waals surface area (Å²) in [5.41, 5.74) is 0.981. The summed E-state index contributed by atoms with van der Waals surface area (Å²) in [6, 6.07) is 7.51. The predicted octanol–water partition coefficient (Wildman–Crippen LogP) is 1.34. The van der Waals surface area contributed by atoms with Gasteiger partial charge in [0.1, 0.15) is 5.75 Å². The molecule has 7 nitrogen and oxygen atoms in total. The Bertz CT molecular complexity index is 605. The molecule has 27 heavy (non-hydrogen) atoms.